The highest BCUT2D eigenvalue weighted by molar-refractivity contribution is 7.45. The minimum Gasteiger partial charge on any atom is -0.756 e. The molecule has 434 valence electrons. The number of allylic oxidation sites excluding steroid dienone is 20. The van der Waals surface area contributed by atoms with Crippen molar-refractivity contribution in [1.82, 2.24) is 0 Å². The molecular weight excluding hydrogens is 966 g/mol. The summed E-state index contributed by atoms with van der Waals surface area (Å²) in [6.45, 7) is 3.91. The van der Waals surface area contributed by atoms with Crippen LogP contribution in [0.15, 0.2) is 122 Å². The van der Waals surface area contributed by atoms with Gasteiger partial charge in [-0.2, -0.15) is 0 Å². The normalized spacial score (nSPS) is 14.1. The van der Waals surface area contributed by atoms with Crippen LogP contribution in [0.2, 0.25) is 0 Å². The Balaban J connectivity index is 3.98. The summed E-state index contributed by atoms with van der Waals surface area (Å²) in [6, 6.07) is 0. The van der Waals surface area contributed by atoms with Crippen molar-refractivity contribution in [1.29, 1.82) is 0 Å². The molecular formula is C66H112NO8P. The molecule has 0 aliphatic rings. The van der Waals surface area contributed by atoms with E-state index in [0.29, 0.717) is 23.9 Å². The first kappa shape index (κ1) is 72.4. The zero-order chi connectivity index (χ0) is 55.6. The number of ether oxygens (including phenoxy) is 2. The van der Waals surface area contributed by atoms with Crippen molar-refractivity contribution in [3.05, 3.63) is 122 Å². The van der Waals surface area contributed by atoms with Crippen molar-refractivity contribution in [3.63, 3.8) is 0 Å². The summed E-state index contributed by atoms with van der Waals surface area (Å²) in [6.07, 6.45) is 80.2. The quantitative estimate of drug-likeness (QED) is 0.0195. The minimum atomic E-state index is -4.65. The number of carbonyl (C=O) groups excluding carboxylic acids is 2. The lowest BCUT2D eigenvalue weighted by molar-refractivity contribution is -0.870. The van der Waals surface area contributed by atoms with Crippen LogP contribution in [0.3, 0.4) is 0 Å². The average Bonchev–Trinajstić information content (AvgIpc) is 3.38. The minimum absolute atomic E-state index is 0.0450. The Morgan fingerprint density at radius 3 is 1.11 bits per heavy atom. The van der Waals surface area contributed by atoms with E-state index >= 15 is 0 Å². The largest absolute Gasteiger partial charge is 0.756 e. The maximum Gasteiger partial charge on any atom is 0.306 e. The summed E-state index contributed by atoms with van der Waals surface area (Å²) in [7, 11) is 1.12. The Labute approximate surface area is 467 Å². The number of phosphoric ester groups is 1. The van der Waals surface area contributed by atoms with E-state index in [1.165, 1.54) is 109 Å². The number of nitrogens with zero attached hydrogens (tertiary/aromatic N) is 1. The molecule has 0 saturated carbocycles. The number of esters is 2. The van der Waals surface area contributed by atoms with Crippen LogP contribution >= 0.6 is 7.82 Å². The highest BCUT2D eigenvalue weighted by Crippen LogP contribution is 2.38. The van der Waals surface area contributed by atoms with Gasteiger partial charge in [-0.1, -0.05) is 251 Å². The molecule has 0 heterocycles. The summed E-state index contributed by atoms with van der Waals surface area (Å²) in [4.78, 5) is 37.7. The van der Waals surface area contributed by atoms with Gasteiger partial charge in [0, 0.05) is 12.8 Å². The molecule has 0 aliphatic heterocycles. The third-order valence-corrected chi connectivity index (χ3v) is 13.5. The zero-order valence-electron chi connectivity index (χ0n) is 49.2. The maximum absolute atomic E-state index is 12.8. The van der Waals surface area contributed by atoms with E-state index in [4.69, 9.17) is 18.5 Å². The summed E-state index contributed by atoms with van der Waals surface area (Å²) < 4.78 is 34.0. The van der Waals surface area contributed by atoms with Gasteiger partial charge in [-0.05, 0) is 89.9 Å². The molecule has 0 fully saturated rings. The van der Waals surface area contributed by atoms with Gasteiger partial charge >= 0.3 is 11.9 Å². The van der Waals surface area contributed by atoms with Crippen LogP contribution in [0.25, 0.3) is 0 Å². The lowest BCUT2D eigenvalue weighted by Gasteiger charge is -2.28. The molecule has 0 bridgehead atoms. The smallest absolute Gasteiger partial charge is 0.306 e. The first-order valence-corrected chi connectivity index (χ1v) is 31.7. The monoisotopic (exact) mass is 1080 g/mol. The lowest BCUT2D eigenvalue weighted by atomic mass is 10.0. The van der Waals surface area contributed by atoms with Gasteiger partial charge in [-0.15, -0.1) is 0 Å². The van der Waals surface area contributed by atoms with Crippen LogP contribution < -0.4 is 4.89 Å². The molecule has 9 nitrogen and oxygen atoms in total. The maximum atomic E-state index is 12.8. The average molecular weight is 1080 g/mol. The Bertz CT molecular complexity index is 1700. The standard InChI is InChI=1S/C66H112NO8P/c1-6-8-10-12-14-16-18-20-21-22-23-24-25-26-27-28-29-30-31-32-33-34-35-36-37-38-39-40-41-42-43-44-45-47-49-51-53-55-57-59-66(69)75-64(63-74-76(70,71)73-61-60-67(3,4)5)62-72-65(68)58-56-54-52-50-48-46-19-17-15-13-11-9-7-2/h8-11,14-17,20-21,23-24,26-27,29-30,46,48,52,54,64H,6-7,12-13,18-19,22,25,28,31-45,47,49-51,53,55-63H2,1-5H3/b10-8-,11-9-,16-14-,17-15-,21-20-,24-23-,27-26-,30-29-,48-46-,54-52-. The second-order valence-corrected chi connectivity index (χ2v) is 22.4. The van der Waals surface area contributed by atoms with Gasteiger partial charge in [-0.3, -0.25) is 14.2 Å². The first-order valence-electron chi connectivity index (χ1n) is 30.2. The van der Waals surface area contributed by atoms with E-state index in [2.05, 4.69) is 123 Å². The summed E-state index contributed by atoms with van der Waals surface area (Å²) in [5.41, 5.74) is 0. The van der Waals surface area contributed by atoms with Crippen LogP contribution in [0, 0.1) is 0 Å². The van der Waals surface area contributed by atoms with E-state index in [-0.39, 0.29) is 26.1 Å². The second-order valence-electron chi connectivity index (χ2n) is 20.9. The number of likely N-dealkylation sites (N-methyl/N-ethyl adjacent to an activating group) is 1. The molecule has 0 radical (unpaired) electrons. The number of carbonyl (C=O) groups is 2. The molecule has 0 amide bonds. The van der Waals surface area contributed by atoms with Gasteiger partial charge in [0.15, 0.2) is 6.10 Å². The number of quaternary nitrogens is 1. The molecule has 0 spiro atoms. The predicted octanol–water partition coefficient (Wildman–Crippen LogP) is 18.5. The van der Waals surface area contributed by atoms with Gasteiger partial charge in [-0.25, -0.2) is 0 Å². The van der Waals surface area contributed by atoms with Crippen molar-refractivity contribution < 1.29 is 42.1 Å². The summed E-state index contributed by atoms with van der Waals surface area (Å²) in [5.74, 6) is -0.930. The molecule has 0 saturated heterocycles. The van der Waals surface area contributed by atoms with Crippen LogP contribution in [0.5, 0.6) is 0 Å². The number of hydrogen-bond donors (Lipinski definition) is 0. The van der Waals surface area contributed by atoms with Crippen molar-refractivity contribution >= 4 is 19.8 Å². The molecule has 0 aromatic heterocycles. The van der Waals surface area contributed by atoms with Crippen molar-refractivity contribution in [3.8, 4) is 0 Å². The fourth-order valence-corrected chi connectivity index (χ4v) is 8.64. The van der Waals surface area contributed by atoms with E-state index in [0.717, 1.165) is 83.5 Å². The van der Waals surface area contributed by atoms with Crippen molar-refractivity contribution in [2.75, 3.05) is 47.5 Å². The Morgan fingerprint density at radius 2 is 0.737 bits per heavy atom. The Kier molecular flexibility index (Phi) is 53.5. The fraction of sp³-hybridized carbons (Fsp3) is 0.667. The molecule has 2 unspecified atom stereocenters. The van der Waals surface area contributed by atoms with Gasteiger partial charge in [0.05, 0.1) is 27.7 Å². The van der Waals surface area contributed by atoms with Crippen LogP contribution in [0.4, 0.5) is 0 Å². The molecule has 0 rings (SSSR count). The highest BCUT2D eigenvalue weighted by Gasteiger charge is 2.21. The van der Waals surface area contributed by atoms with E-state index < -0.39 is 32.5 Å². The van der Waals surface area contributed by atoms with Crippen molar-refractivity contribution in [2.45, 2.75) is 238 Å². The van der Waals surface area contributed by atoms with Crippen LogP contribution in [-0.2, 0) is 32.7 Å². The Hall–Kier alpha value is -3.59. The molecule has 0 N–H and O–H groups in total. The first-order chi connectivity index (χ1) is 37.0. The molecule has 10 heteroatoms. The van der Waals surface area contributed by atoms with Crippen molar-refractivity contribution in [2.24, 2.45) is 0 Å². The van der Waals surface area contributed by atoms with Crippen LogP contribution in [0.1, 0.15) is 232 Å². The SMILES string of the molecule is CC/C=C\C/C=C\C/C=C\C/C=C\C/C=C\C/C=C\CCCCCCCCCCCCCCCCCCCCCCC(=O)OC(COC(=O)CC/C=C\C/C=C\C/C=C\C/C=C\CC)COP(=O)([O-])OCC[N+](C)(C)C. The third-order valence-electron chi connectivity index (χ3n) is 12.5. The molecule has 0 aromatic rings. The van der Waals surface area contributed by atoms with Gasteiger partial charge in [0.25, 0.3) is 7.82 Å². The van der Waals surface area contributed by atoms with E-state index in [1.807, 2.05) is 33.3 Å². The lowest BCUT2D eigenvalue weighted by Crippen LogP contribution is -2.37. The topological polar surface area (TPSA) is 111 Å². The molecule has 76 heavy (non-hydrogen) atoms. The summed E-state index contributed by atoms with van der Waals surface area (Å²) in [5, 5.41) is 0. The number of rotatable bonds is 54. The van der Waals surface area contributed by atoms with E-state index in [9.17, 15) is 19.0 Å². The van der Waals surface area contributed by atoms with Crippen LogP contribution in [-0.4, -0.2) is 70.0 Å². The molecule has 0 aromatic carbocycles. The highest BCUT2D eigenvalue weighted by atomic mass is 31.2. The third kappa shape index (κ3) is 59.7. The molecule has 0 aliphatic carbocycles. The number of hydrogen-bond acceptors (Lipinski definition) is 8. The fourth-order valence-electron chi connectivity index (χ4n) is 7.91. The second kappa shape index (κ2) is 56.1. The van der Waals surface area contributed by atoms with Gasteiger partial charge in [0.2, 0.25) is 0 Å². The number of unbranched alkanes of at least 4 members (excludes halogenated alkanes) is 20. The Morgan fingerprint density at radius 1 is 0.408 bits per heavy atom. The van der Waals surface area contributed by atoms with Gasteiger partial charge in [0.1, 0.15) is 19.8 Å². The molecule has 2 atom stereocenters. The summed E-state index contributed by atoms with van der Waals surface area (Å²) >= 11 is 0. The predicted molar refractivity (Wildman–Crippen MR) is 323 cm³/mol. The van der Waals surface area contributed by atoms with E-state index in [1.54, 1.807) is 0 Å². The van der Waals surface area contributed by atoms with Gasteiger partial charge < -0.3 is 27.9 Å². The zero-order valence-corrected chi connectivity index (χ0v) is 50.0. The number of phosphoric acid groups is 1.